The van der Waals surface area contributed by atoms with Crippen molar-refractivity contribution in [1.82, 2.24) is 15.6 Å². The third-order valence-corrected chi connectivity index (χ3v) is 5.48. The van der Waals surface area contributed by atoms with E-state index >= 15 is 0 Å². The molecule has 28 heavy (non-hydrogen) atoms. The van der Waals surface area contributed by atoms with Gasteiger partial charge in [-0.15, -0.1) is 0 Å². The Kier molecular flexibility index (Phi) is 5.10. The normalized spacial score (nSPS) is 25.1. The lowest BCUT2D eigenvalue weighted by Crippen LogP contribution is -2.42. The van der Waals surface area contributed by atoms with Gasteiger partial charge in [-0.25, -0.2) is 13.2 Å². The number of rotatable bonds is 5. The van der Waals surface area contributed by atoms with Crippen molar-refractivity contribution in [2.24, 2.45) is 0 Å². The van der Waals surface area contributed by atoms with Gasteiger partial charge in [0.25, 0.3) is 0 Å². The molecule has 148 valence electrons. The summed E-state index contributed by atoms with van der Waals surface area (Å²) in [7, 11) is 0. The second-order valence-electron chi connectivity index (χ2n) is 7.62. The van der Waals surface area contributed by atoms with Crippen LogP contribution in [-0.2, 0) is 4.79 Å². The first-order valence-electron chi connectivity index (χ1n) is 9.48. The molecule has 1 aromatic carbocycles. The summed E-state index contributed by atoms with van der Waals surface area (Å²) in [6, 6.07) is 11.9. The van der Waals surface area contributed by atoms with Crippen molar-refractivity contribution in [3.63, 3.8) is 0 Å². The number of alkyl halides is 3. The van der Waals surface area contributed by atoms with Crippen molar-refractivity contribution in [3.05, 3.63) is 65.5 Å². The zero-order valence-electron chi connectivity index (χ0n) is 15.2. The minimum Gasteiger partial charge on any atom is -0.342 e. The van der Waals surface area contributed by atoms with E-state index in [1.54, 1.807) is 18.3 Å². The number of nitrogens with zero attached hydrogens (tertiary/aromatic N) is 1. The first-order valence-corrected chi connectivity index (χ1v) is 9.48. The van der Waals surface area contributed by atoms with Crippen LogP contribution in [0.5, 0.6) is 0 Å². The Bertz CT molecular complexity index is 821. The van der Waals surface area contributed by atoms with Crippen LogP contribution in [0.25, 0.3) is 0 Å². The van der Waals surface area contributed by atoms with E-state index in [1.807, 2.05) is 30.3 Å². The van der Waals surface area contributed by atoms with Gasteiger partial charge < -0.3 is 10.6 Å². The van der Waals surface area contributed by atoms with Crippen molar-refractivity contribution >= 4 is 5.91 Å². The largest absolute Gasteiger partial charge is 0.342 e. The van der Waals surface area contributed by atoms with Gasteiger partial charge in [0.2, 0.25) is 11.8 Å². The Balaban J connectivity index is 1.53. The number of carbonyl (C=O) groups is 1. The lowest BCUT2D eigenvalue weighted by atomic mass is 9.77. The molecule has 1 aromatic heterocycles. The van der Waals surface area contributed by atoms with Crippen LogP contribution in [0.1, 0.15) is 48.0 Å². The fourth-order valence-electron chi connectivity index (χ4n) is 3.83. The van der Waals surface area contributed by atoms with E-state index < -0.39 is 24.2 Å². The molecule has 3 atom stereocenters. The fourth-order valence-corrected chi connectivity index (χ4v) is 3.83. The zero-order chi connectivity index (χ0) is 19.7. The van der Waals surface area contributed by atoms with Gasteiger partial charge in [-0.3, -0.25) is 9.78 Å². The molecule has 1 amide bonds. The number of halogens is 3. The molecule has 1 aliphatic carbocycles. The van der Waals surface area contributed by atoms with E-state index in [0.29, 0.717) is 5.69 Å². The van der Waals surface area contributed by atoms with Gasteiger partial charge in [-0.2, -0.15) is 0 Å². The molecule has 1 saturated carbocycles. The van der Waals surface area contributed by atoms with Gasteiger partial charge in [-0.05, 0) is 23.1 Å². The first-order chi connectivity index (χ1) is 13.4. The topological polar surface area (TPSA) is 54.0 Å². The number of aromatic nitrogens is 1. The minimum absolute atomic E-state index is 0.148. The highest BCUT2D eigenvalue weighted by molar-refractivity contribution is 5.83. The van der Waals surface area contributed by atoms with Gasteiger partial charge in [0.05, 0.1) is 17.8 Å². The van der Waals surface area contributed by atoms with Crippen molar-refractivity contribution in [1.29, 1.82) is 0 Å². The summed E-state index contributed by atoms with van der Waals surface area (Å²) in [6.45, 7) is 0.174. The van der Waals surface area contributed by atoms with E-state index in [4.69, 9.17) is 0 Å². The Hall–Kier alpha value is -2.41. The molecule has 2 heterocycles. The molecule has 2 aromatic rings. The molecule has 7 heteroatoms. The van der Waals surface area contributed by atoms with Gasteiger partial charge in [0, 0.05) is 32.0 Å². The van der Waals surface area contributed by atoms with Crippen LogP contribution < -0.4 is 10.6 Å². The van der Waals surface area contributed by atoms with E-state index in [0.717, 1.165) is 11.1 Å². The van der Waals surface area contributed by atoms with E-state index in [1.165, 1.54) is 0 Å². The van der Waals surface area contributed by atoms with Crippen molar-refractivity contribution < 1.29 is 18.0 Å². The number of nitrogens with one attached hydrogen (secondary N) is 2. The molecule has 2 N–H and O–H groups in total. The van der Waals surface area contributed by atoms with Crippen LogP contribution in [0.3, 0.4) is 0 Å². The molecule has 1 aliphatic heterocycles. The molecule has 0 spiro atoms. The summed E-state index contributed by atoms with van der Waals surface area (Å²) in [4.78, 5) is 17.0. The quantitative estimate of drug-likeness (QED) is 0.823. The molecular weight excluding hydrogens is 367 g/mol. The molecule has 2 aliphatic rings. The monoisotopic (exact) mass is 389 g/mol. The summed E-state index contributed by atoms with van der Waals surface area (Å²) in [5.41, 5.74) is 2.25. The maximum absolute atomic E-state index is 13.4. The average Bonchev–Trinajstić information content (AvgIpc) is 3.11. The molecule has 4 rings (SSSR count). The molecule has 0 radical (unpaired) electrons. The lowest BCUT2D eigenvalue weighted by molar-refractivity contribution is -0.123. The summed E-state index contributed by atoms with van der Waals surface area (Å²) in [5.74, 6) is -3.03. The van der Waals surface area contributed by atoms with Crippen LogP contribution >= 0.6 is 0 Å². The standard InChI is InChI=1S/C21H22F3N3O/c22-16-8-18(26-12-16)20(28)27-19(13-4-2-1-3-5-13)17-7-6-14(11-25-17)15-9-21(23,24)10-15/h1-7,11,15-16,18-19,26H,8-10,12H2,(H,27,28). The first kappa shape index (κ1) is 18.9. The predicted octanol–water partition coefficient (Wildman–Crippen LogP) is 3.50. The van der Waals surface area contributed by atoms with Crippen molar-refractivity contribution in [3.8, 4) is 0 Å². The minimum atomic E-state index is -2.58. The van der Waals surface area contributed by atoms with Gasteiger partial charge in [0.1, 0.15) is 6.17 Å². The van der Waals surface area contributed by atoms with E-state index in [-0.39, 0.29) is 37.6 Å². The molecule has 0 bridgehead atoms. The van der Waals surface area contributed by atoms with Gasteiger partial charge in [0.15, 0.2) is 0 Å². The highest BCUT2D eigenvalue weighted by Crippen LogP contribution is 2.48. The molecule has 4 nitrogen and oxygen atoms in total. The predicted molar refractivity (Wildman–Crippen MR) is 98.9 cm³/mol. The van der Waals surface area contributed by atoms with Crippen LogP contribution in [0.4, 0.5) is 13.2 Å². The summed E-state index contributed by atoms with van der Waals surface area (Å²) in [6.07, 6.45) is 0.442. The molecule has 3 unspecified atom stereocenters. The van der Waals surface area contributed by atoms with E-state index in [9.17, 15) is 18.0 Å². The smallest absolute Gasteiger partial charge is 0.249 e. The van der Waals surface area contributed by atoms with Crippen LogP contribution in [0.2, 0.25) is 0 Å². The Morgan fingerprint density at radius 3 is 2.50 bits per heavy atom. The zero-order valence-corrected chi connectivity index (χ0v) is 15.2. The number of carbonyl (C=O) groups excluding carboxylic acids is 1. The average molecular weight is 389 g/mol. The van der Waals surface area contributed by atoms with Crippen molar-refractivity contribution in [2.75, 3.05) is 6.54 Å². The van der Waals surface area contributed by atoms with Crippen molar-refractivity contribution in [2.45, 2.75) is 49.4 Å². The third kappa shape index (κ3) is 4.04. The lowest BCUT2D eigenvalue weighted by Gasteiger charge is -2.35. The summed E-state index contributed by atoms with van der Waals surface area (Å²) >= 11 is 0. The second kappa shape index (κ2) is 7.54. The van der Waals surface area contributed by atoms with Gasteiger partial charge in [-0.1, -0.05) is 36.4 Å². The fraction of sp³-hybridized carbons (Fsp3) is 0.429. The Morgan fingerprint density at radius 2 is 1.93 bits per heavy atom. The second-order valence-corrected chi connectivity index (χ2v) is 7.62. The highest BCUT2D eigenvalue weighted by atomic mass is 19.3. The number of pyridine rings is 1. The Morgan fingerprint density at radius 1 is 1.18 bits per heavy atom. The molecular formula is C21H22F3N3O. The third-order valence-electron chi connectivity index (χ3n) is 5.48. The number of hydrogen-bond donors (Lipinski definition) is 2. The number of amides is 1. The maximum Gasteiger partial charge on any atom is 0.249 e. The molecule has 1 saturated heterocycles. The maximum atomic E-state index is 13.4. The molecule has 2 fully saturated rings. The summed E-state index contributed by atoms with van der Waals surface area (Å²) in [5, 5.41) is 5.83. The summed E-state index contributed by atoms with van der Waals surface area (Å²) < 4.78 is 39.7. The highest BCUT2D eigenvalue weighted by Gasteiger charge is 2.45. The van der Waals surface area contributed by atoms with Crippen LogP contribution in [0, 0.1) is 0 Å². The van der Waals surface area contributed by atoms with Crippen LogP contribution in [-0.4, -0.2) is 35.6 Å². The number of benzene rings is 1. The SMILES string of the molecule is O=C(NC(c1ccccc1)c1ccc(C2CC(F)(F)C2)cn1)C1CC(F)CN1. The van der Waals surface area contributed by atoms with Crippen LogP contribution in [0.15, 0.2) is 48.7 Å². The Labute approximate surface area is 161 Å². The number of hydrogen-bond acceptors (Lipinski definition) is 3. The van der Waals surface area contributed by atoms with Gasteiger partial charge >= 0.3 is 0 Å². The van der Waals surface area contributed by atoms with E-state index in [2.05, 4.69) is 15.6 Å².